The standard InChI is InChI=1S/C19H32N2O/c22-20-18-14-11-12-15(13-14)19(18)21(16-7-3-1-4-8-16)17-9-5-2-6-10-17/h14-17,19,22H,1-13H2/b20-18+/t14-,15+,19-/m0/s1. The van der Waals surface area contributed by atoms with Gasteiger partial charge in [-0.3, -0.25) is 4.90 Å². The molecule has 0 aliphatic heterocycles. The van der Waals surface area contributed by atoms with E-state index in [1.54, 1.807) is 0 Å². The molecule has 0 heterocycles. The Hall–Kier alpha value is -0.570. The summed E-state index contributed by atoms with van der Waals surface area (Å²) in [6.45, 7) is 0. The molecule has 0 aromatic carbocycles. The Labute approximate surface area is 135 Å². The van der Waals surface area contributed by atoms with Crippen LogP contribution in [0.5, 0.6) is 0 Å². The molecular formula is C19H32N2O. The highest BCUT2D eigenvalue weighted by Gasteiger charge is 2.50. The van der Waals surface area contributed by atoms with E-state index in [4.69, 9.17) is 0 Å². The Balaban J connectivity index is 1.61. The second-order valence-electron chi connectivity index (χ2n) is 8.27. The van der Waals surface area contributed by atoms with Crippen LogP contribution in [0.4, 0.5) is 0 Å². The number of nitrogens with zero attached hydrogens (tertiary/aromatic N) is 2. The monoisotopic (exact) mass is 304 g/mol. The van der Waals surface area contributed by atoms with Crippen molar-refractivity contribution in [2.45, 2.75) is 102 Å². The van der Waals surface area contributed by atoms with E-state index >= 15 is 0 Å². The summed E-state index contributed by atoms with van der Waals surface area (Å²) in [7, 11) is 0. The Morgan fingerprint density at radius 3 is 1.91 bits per heavy atom. The summed E-state index contributed by atoms with van der Waals surface area (Å²) in [5.41, 5.74) is 1.16. The van der Waals surface area contributed by atoms with E-state index in [9.17, 15) is 5.21 Å². The van der Waals surface area contributed by atoms with Crippen molar-refractivity contribution in [1.82, 2.24) is 4.90 Å². The second-order valence-corrected chi connectivity index (χ2v) is 8.27. The molecule has 4 fully saturated rings. The lowest BCUT2D eigenvalue weighted by Crippen LogP contribution is -2.55. The maximum Gasteiger partial charge on any atom is 0.0775 e. The number of fused-ring (bicyclic) bond motifs is 2. The molecule has 22 heavy (non-hydrogen) atoms. The van der Waals surface area contributed by atoms with Crippen LogP contribution in [0.2, 0.25) is 0 Å². The van der Waals surface area contributed by atoms with Crippen LogP contribution < -0.4 is 0 Å². The summed E-state index contributed by atoms with van der Waals surface area (Å²) < 4.78 is 0. The zero-order valence-corrected chi connectivity index (χ0v) is 13.9. The summed E-state index contributed by atoms with van der Waals surface area (Å²) in [4.78, 5) is 2.90. The molecule has 0 amide bonds. The summed E-state index contributed by atoms with van der Waals surface area (Å²) in [5, 5.41) is 13.5. The summed E-state index contributed by atoms with van der Waals surface area (Å²) >= 11 is 0. The van der Waals surface area contributed by atoms with E-state index in [1.807, 2.05) is 0 Å². The number of rotatable bonds is 3. The van der Waals surface area contributed by atoms with Crippen LogP contribution in [0, 0.1) is 11.8 Å². The van der Waals surface area contributed by atoms with E-state index in [1.165, 1.54) is 83.5 Å². The maximum atomic E-state index is 9.67. The molecule has 4 aliphatic carbocycles. The van der Waals surface area contributed by atoms with Gasteiger partial charge in [-0.25, -0.2) is 0 Å². The Kier molecular flexibility index (Phi) is 4.43. The fourth-order valence-corrected chi connectivity index (χ4v) is 6.10. The van der Waals surface area contributed by atoms with Crippen molar-refractivity contribution in [3.8, 4) is 0 Å². The lowest BCUT2D eigenvalue weighted by atomic mass is 9.83. The largest absolute Gasteiger partial charge is 0.411 e. The van der Waals surface area contributed by atoms with Gasteiger partial charge >= 0.3 is 0 Å². The van der Waals surface area contributed by atoms with Gasteiger partial charge in [0.2, 0.25) is 0 Å². The highest BCUT2D eigenvalue weighted by atomic mass is 16.4. The van der Waals surface area contributed by atoms with Gasteiger partial charge in [0.25, 0.3) is 0 Å². The molecule has 0 saturated heterocycles. The van der Waals surface area contributed by atoms with E-state index in [0.717, 1.165) is 23.7 Å². The molecule has 3 nitrogen and oxygen atoms in total. The van der Waals surface area contributed by atoms with E-state index in [-0.39, 0.29) is 0 Å². The van der Waals surface area contributed by atoms with Gasteiger partial charge in [0.1, 0.15) is 0 Å². The first kappa shape index (κ1) is 15.0. The Morgan fingerprint density at radius 2 is 1.36 bits per heavy atom. The predicted molar refractivity (Wildman–Crippen MR) is 89.4 cm³/mol. The third-order valence-electron chi connectivity index (χ3n) is 7.07. The molecule has 124 valence electrons. The van der Waals surface area contributed by atoms with E-state index in [0.29, 0.717) is 12.0 Å². The molecule has 0 radical (unpaired) electrons. The minimum Gasteiger partial charge on any atom is -0.411 e. The Morgan fingerprint density at radius 1 is 0.773 bits per heavy atom. The van der Waals surface area contributed by atoms with Crippen LogP contribution >= 0.6 is 0 Å². The van der Waals surface area contributed by atoms with Crippen molar-refractivity contribution in [3.63, 3.8) is 0 Å². The molecule has 3 atom stereocenters. The molecule has 1 N–H and O–H groups in total. The van der Waals surface area contributed by atoms with E-state index < -0.39 is 0 Å². The van der Waals surface area contributed by atoms with Crippen LogP contribution in [-0.4, -0.2) is 33.9 Å². The van der Waals surface area contributed by atoms with Crippen LogP contribution in [0.15, 0.2) is 5.16 Å². The normalized spacial score (nSPS) is 39.1. The molecule has 0 aromatic rings. The molecule has 3 heteroatoms. The van der Waals surface area contributed by atoms with E-state index in [2.05, 4.69) is 10.1 Å². The lowest BCUT2D eigenvalue weighted by Gasteiger charge is -2.47. The van der Waals surface area contributed by atoms with Gasteiger partial charge in [-0.05, 0) is 50.9 Å². The third-order valence-corrected chi connectivity index (χ3v) is 7.07. The lowest BCUT2D eigenvalue weighted by molar-refractivity contribution is 0.0426. The minimum atomic E-state index is 0.481. The second kappa shape index (κ2) is 6.51. The van der Waals surface area contributed by atoms with Gasteiger partial charge in [0, 0.05) is 18.0 Å². The van der Waals surface area contributed by atoms with Crippen molar-refractivity contribution in [2.24, 2.45) is 17.0 Å². The van der Waals surface area contributed by atoms with Crippen molar-refractivity contribution in [3.05, 3.63) is 0 Å². The summed E-state index contributed by atoms with van der Waals surface area (Å²) in [6, 6.07) is 2.01. The van der Waals surface area contributed by atoms with Crippen LogP contribution in [-0.2, 0) is 0 Å². The van der Waals surface area contributed by atoms with Gasteiger partial charge in [-0.15, -0.1) is 0 Å². The minimum absolute atomic E-state index is 0.481. The summed E-state index contributed by atoms with van der Waals surface area (Å²) in [5.74, 6) is 1.37. The SMILES string of the molecule is O/N=C1\[C@H]2CC[C@H](C2)[C@@H]1N(C1CCCCC1)C1CCCCC1. The number of oxime groups is 1. The first-order valence-electron chi connectivity index (χ1n) is 9.87. The first-order valence-corrected chi connectivity index (χ1v) is 9.87. The average molecular weight is 304 g/mol. The Bertz CT molecular complexity index is 392. The third kappa shape index (κ3) is 2.60. The highest BCUT2D eigenvalue weighted by molar-refractivity contribution is 5.94. The molecule has 0 unspecified atom stereocenters. The topological polar surface area (TPSA) is 35.8 Å². The van der Waals surface area contributed by atoms with Crippen LogP contribution in [0.1, 0.15) is 83.5 Å². The zero-order chi connectivity index (χ0) is 14.9. The predicted octanol–water partition coefficient (Wildman–Crippen LogP) is 4.58. The molecule has 0 spiro atoms. The van der Waals surface area contributed by atoms with Gasteiger partial charge in [-0.2, -0.15) is 0 Å². The van der Waals surface area contributed by atoms with Crippen molar-refractivity contribution in [1.29, 1.82) is 0 Å². The smallest absolute Gasteiger partial charge is 0.0775 e. The van der Waals surface area contributed by atoms with Gasteiger partial charge in [-0.1, -0.05) is 43.7 Å². The fraction of sp³-hybridized carbons (Fsp3) is 0.947. The van der Waals surface area contributed by atoms with Crippen LogP contribution in [0.3, 0.4) is 0 Å². The molecule has 4 rings (SSSR count). The highest BCUT2D eigenvalue weighted by Crippen LogP contribution is 2.47. The molecular weight excluding hydrogens is 272 g/mol. The molecule has 4 saturated carbocycles. The number of hydrogen-bond donors (Lipinski definition) is 1. The first-order chi connectivity index (χ1) is 10.9. The number of hydrogen-bond acceptors (Lipinski definition) is 3. The van der Waals surface area contributed by atoms with Gasteiger partial charge in [0.05, 0.1) is 11.8 Å². The average Bonchev–Trinajstić information content (AvgIpc) is 3.18. The molecule has 0 aromatic heterocycles. The summed E-state index contributed by atoms with van der Waals surface area (Å²) in [6.07, 6.45) is 17.9. The molecule has 4 aliphatic rings. The van der Waals surface area contributed by atoms with Gasteiger partial charge in [0.15, 0.2) is 0 Å². The maximum absolute atomic E-state index is 9.67. The molecule has 2 bridgehead atoms. The van der Waals surface area contributed by atoms with Gasteiger partial charge < -0.3 is 5.21 Å². The quantitative estimate of drug-likeness (QED) is 0.612. The van der Waals surface area contributed by atoms with Crippen molar-refractivity contribution < 1.29 is 5.21 Å². The van der Waals surface area contributed by atoms with Crippen molar-refractivity contribution in [2.75, 3.05) is 0 Å². The van der Waals surface area contributed by atoms with Crippen LogP contribution in [0.25, 0.3) is 0 Å². The zero-order valence-electron chi connectivity index (χ0n) is 13.9. The van der Waals surface area contributed by atoms with Crippen molar-refractivity contribution >= 4 is 5.71 Å². The fourth-order valence-electron chi connectivity index (χ4n) is 6.10.